The van der Waals surface area contributed by atoms with Gasteiger partial charge in [0.2, 0.25) is 0 Å². The third-order valence-electron chi connectivity index (χ3n) is 2.99. The molecular formula is C12H12N4O. The van der Waals surface area contributed by atoms with Gasteiger partial charge in [0.25, 0.3) is 5.91 Å². The van der Waals surface area contributed by atoms with Crippen LogP contribution in [0.1, 0.15) is 16.4 Å². The molecule has 0 N–H and O–H groups in total. The molecule has 0 spiro atoms. The van der Waals surface area contributed by atoms with E-state index in [2.05, 4.69) is 10.3 Å². The van der Waals surface area contributed by atoms with E-state index in [1.165, 1.54) is 0 Å². The Labute approximate surface area is 98.7 Å². The number of likely N-dealkylation sites (tertiary alicyclic amines) is 1. The first-order valence-electron chi connectivity index (χ1n) is 5.55. The van der Waals surface area contributed by atoms with Crippen LogP contribution in [0.25, 0.3) is 0 Å². The maximum absolute atomic E-state index is 12.0. The van der Waals surface area contributed by atoms with E-state index in [4.69, 9.17) is 0 Å². The first-order valence-corrected chi connectivity index (χ1v) is 5.55. The van der Waals surface area contributed by atoms with Crippen molar-refractivity contribution in [3.8, 4) is 0 Å². The molecule has 0 unspecified atom stereocenters. The van der Waals surface area contributed by atoms with Gasteiger partial charge in [0.1, 0.15) is 0 Å². The number of hydrogen-bond acceptors (Lipinski definition) is 3. The second-order valence-corrected chi connectivity index (χ2v) is 4.11. The van der Waals surface area contributed by atoms with E-state index in [0.29, 0.717) is 13.1 Å². The lowest BCUT2D eigenvalue weighted by atomic mass is 10.1. The van der Waals surface area contributed by atoms with Crippen LogP contribution in [-0.2, 0) is 0 Å². The molecule has 0 bridgehead atoms. The van der Waals surface area contributed by atoms with Crippen LogP contribution < -0.4 is 0 Å². The van der Waals surface area contributed by atoms with Crippen molar-refractivity contribution in [2.75, 3.05) is 13.1 Å². The molecule has 1 fully saturated rings. The van der Waals surface area contributed by atoms with Gasteiger partial charge in [-0.3, -0.25) is 4.79 Å². The van der Waals surface area contributed by atoms with E-state index >= 15 is 0 Å². The van der Waals surface area contributed by atoms with E-state index in [9.17, 15) is 4.79 Å². The molecule has 1 aromatic heterocycles. The largest absolute Gasteiger partial charge is 0.334 e. The zero-order valence-corrected chi connectivity index (χ0v) is 9.23. The lowest BCUT2D eigenvalue weighted by molar-refractivity contribution is 0.0498. The highest BCUT2D eigenvalue weighted by atomic mass is 16.2. The molecule has 3 rings (SSSR count). The lowest BCUT2D eigenvalue weighted by Crippen LogP contribution is -2.50. The maximum Gasteiger partial charge on any atom is 0.253 e. The Morgan fingerprint density at radius 2 is 2.00 bits per heavy atom. The molecule has 2 heterocycles. The number of amides is 1. The summed E-state index contributed by atoms with van der Waals surface area (Å²) in [4.78, 5) is 13.8. The van der Waals surface area contributed by atoms with Crippen LogP contribution in [-0.4, -0.2) is 38.9 Å². The van der Waals surface area contributed by atoms with Crippen LogP contribution in [0.4, 0.5) is 0 Å². The molecule has 86 valence electrons. The maximum atomic E-state index is 12.0. The Morgan fingerprint density at radius 1 is 1.24 bits per heavy atom. The second kappa shape index (κ2) is 4.01. The van der Waals surface area contributed by atoms with Crippen molar-refractivity contribution < 1.29 is 4.79 Å². The molecule has 2 aromatic rings. The fraction of sp³-hybridized carbons (Fsp3) is 0.250. The van der Waals surface area contributed by atoms with Gasteiger partial charge in [-0.25, -0.2) is 4.68 Å². The van der Waals surface area contributed by atoms with Gasteiger partial charge in [0.05, 0.1) is 12.2 Å². The van der Waals surface area contributed by atoms with E-state index < -0.39 is 0 Å². The summed E-state index contributed by atoms with van der Waals surface area (Å²) >= 11 is 0. The summed E-state index contributed by atoms with van der Waals surface area (Å²) in [5, 5.41) is 7.70. The van der Waals surface area contributed by atoms with Crippen molar-refractivity contribution in [3.05, 3.63) is 48.3 Å². The van der Waals surface area contributed by atoms with E-state index in [1.54, 1.807) is 10.9 Å². The Bertz CT molecular complexity index is 503. The summed E-state index contributed by atoms with van der Waals surface area (Å²) in [6.45, 7) is 1.41. The van der Waals surface area contributed by atoms with Crippen molar-refractivity contribution in [3.63, 3.8) is 0 Å². The highest BCUT2D eigenvalue weighted by Gasteiger charge is 2.32. The minimum atomic E-state index is 0.0852. The van der Waals surface area contributed by atoms with Crippen LogP contribution in [0.5, 0.6) is 0 Å². The Balaban J connectivity index is 1.65. The van der Waals surface area contributed by atoms with Gasteiger partial charge < -0.3 is 4.90 Å². The molecule has 0 radical (unpaired) electrons. The minimum absolute atomic E-state index is 0.0852. The smallest absolute Gasteiger partial charge is 0.253 e. The first-order chi connectivity index (χ1) is 8.34. The zero-order chi connectivity index (χ0) is 11.7. The Kier molecular flexibility index (Phi) is 2.36. The highest BCUT2D eigenvalue weighted by Crippen LogP contribution is 2.21. The van der Waals surface area contributed by atoms with Gasteiger partial charge in [-0.05, 0) is 12.1 Å². The molecule has 1 amide bonds. The molecule has 17 heavy (non-hydrogen) atoms. The molecule has 1 saturated heterocycles. The highest BCUT2D eigenvalue weighted by molar-refractivity contribution is 5.94. The predicted molar refractivity (Wildman–Crippen MR) is 61.4 cm³/mol. The van der Waals surface area contributed by atoms with Gasteiger partial charge in [0.15, 0.2) is 0 Å². The first kappa shape index (κ1) is 10.0. The van der Waals surface area contributed by atoms with Crippen molar-refractivity contribution >= 4 is 5.91 Å². The summed E-state index contributed by atoms with van der Waals surface area (Å²) in [6.07, 6.45) is 3.48. The molecule has 1 aromatic carbocycles. The van der Waals surface area contributed by atoms with Gasteiger partial charge in [-0.1, -0.05) is 23.4 Å². The number of nitrogens with zero attached hydrogens (tertiary/aromatic N) is 4. The molecule has 1 aliphatic rings. The summed E-state index contributed by atoms with van der Waals surface area (Å²) in [7, 11) is 0. The van der Waals surface area contributed by atoms with Gasteiger partial charge >= 0.3 is 0 Å². The summed E-state index contributed by atoms with van der Waals surface area (Å²) < 4.78 is 1.80. The van der Waals surface area contributed by atoms with Crippen molar-refractivity contribution in [2.45, 2.75) is 6.04 Å². The fourth-order valence-corrected chi connectivity index (χ4v) is 1.96. The summed E-state index contributed by atoms with van der Waals surface area (Å²) in [5.74, 6) is 0.0852. The number of benzene rings is 1. The summed E-state index contributed by atoms with van der Waals surface area (Å²) in [5.41, 5.74) is 0.740. The van der Waals surface area contributed by atoms with Crippen molar-refractivity contribution in [1.82, 2.24) is 19.9 Å². The number of hydrogen-bond donors (Lipinski definition) is 0. The molecule has 1 aliphatic heterocycles. The molecule has 0 saturated carbocycles. The molecular weight excluding hydrogens is 216 g/mol. The minimum Gasteiger partial charge on any atom is -0.334 e. The van der Waals surface area contributed by atoms with Gasteiger partial charge in [-0.2, -0.15) is 0 Å². The standard InChI is InChI=1S/C12H12N4O/c17-12(10-4-2-1-3-5-10)15-8-11(9-15)16-7-6-13-14-16/h1-7,11H,8-9H2. The van der Waals surface area contributed by atoms with Crippen molar-refractivity contribution in [2.24, 2.45) is 0 Å². The number of aromatic nitrogens is 3. The molecule has 0 atom stereocenters. The molecule has 5 nitrogen and oxygen atoms in total. The summed E-state index contributed by atoms with van der Waals surface area (Å²) in [6, 6.07) is 9.61. The third-order valence-corrected chi connectivity index (χ3v) is 2.99. The van der Waals surface area contributed by atoms with Crippen molar-refractivity contribution in [1.29, 1.82) is 0 Å². The molecule has 5 heteroatoms. The van der Waals surface area contributed by atoms with E-state index in [-0.39, 0.29) is 11.9 Å². The predicted octanol–water partition coefficient (Wildman–Crippen LogP) is 0.975. The van der Waals surface area contributed by atoms with Gasteiger partial charge in [0, 0.05) is 24.8 Å². The number of rotatable bonds is 2. The van der Waals surface area contributed by atoms with Crippen LogP contribution in [0.15, 0.2) is 42.7 Å². The average Bonchev–Trinajstić information content (AvgIpc) is 2.82. The SMILES string of the molecule is O=C(c1ccccc1)N1CC(n2ccnn2)C1. The monoisotopic (exact) mass is 228 g/mol. The van der Waals surface area contributed by atoms with Crippen LogP contribution in [0.2, 0.25) is 0 Å². The van der Waals surface area contributed by atoms with Gasteiger partial charge in [-0.15, -0.1) is 5.10 Å². The quantitative estimate of drug-likeness (QED) is 0.769. The Hall–Kier alpha value is -2.17. The Morgan fingerprint density at radius 3 is 2.65 bits per heavy atom. The topological polar surface area (TPSA) is 51.0 Å². The van der Waals surface area contributed by atoms with E-state index in [1.807, 2.05) is 41.4 Å². The van der Waals surface area contributed by atoms with Crippen LogP contribution in [0, 0.1) is 0 Å². The van der Waals surface area contributed by atoms with Crippen LogP contribution >= 0.6 is 0 Å². The molecule has 0 aliphatic carbocycles. The lowest BCUT2D eigenvalue weighted by Gasteiger charge is -2.38. The second-order valence-electron chi connectivity index (χ2n) is 4.11. The van der Waals surface area contributed by atoms with Crippen LogP contribution in [0.3, 0.4) is 0 Å². The number of carbonyl (C=O) groups excluding carboxylic acids is 1. The third kappa shape index (κ3) is 1.80. The average molecular weight is 228 g/mol. The number of carbonyl (C=O) groups is 1. The normalized spacial score (nSPS) is 15.6. The fourth-order valence-electron chi connectivity index (χ4n) is 1.96. The zero-order valence-electron chi connectivity index (χ0n) is 9.23. The van der Waals surface area contributed by atoms with E-state index in [0.717, 1.165) is 5.56 Å².